The Labute approximate surface area is 73.8 Å². The highest BCUT2D eigenvalue weighted by Gasteiger charge is 2.00. The summed E-state index contributed by atoms with van der Waals surface area (Å²) in [6.45, 7) is 5.10. The Bertz CT molecular complexity index is 217. The van der Waals surface area contributed by atoms with Crippen LogP contribution in [-0.4, -0.2) is 11.1 Å². The molecule has 12 heavy (non-hydrogen) atoms. The van der Waals surface area contributed by atoms with Crippen LogP contribution in [0.25, 0.3) is 0 Å². The van der Waals surface area contributed by atoms with E-state index in [0.717, 1.165) is 26.1 Å². The van der Waals surface area contributed by atoms with E-state index < -0.39 is 0 Å². The van der Waals surface area contributed by atoms with E-state index in [9.17, 15) is 0 Å². The van der Waals surface area contributed by atoms with Crippen LogP contribution in [0.2, 0.25) is 0 Å². The first-order valence-corrected chi connectivity index (χ1v) is 4.61. The van der Waals surface area contributed by atoms with Crippen molar-refractivity contribution in [2.45, 2.75) is 32.9 Å². The Kier molecular flexibility index (Phi) is 3.80. The molecule has 3 nitrogen and oxygen atoms in total. The summed E-state index contributed by atoms with van der Waals surface area (Å²) in [5.74, 6) is 0. The molecule has 0 bridgehead atoms. The van der Waals surface area contributed by atoms with Crippen LogP contribution in [0.15, 0.2) is 18.7 Å². The van der Waals surface area contributed by atoms with Crippen molar-refractivity contribution >= 4 is 0 Å². The molecular weight excluding hydrogens is 150 g/mol. The van der Waals surface area contributed by atoms with Crippen molar-refractivity contribution in [3.05, 3.63) is 18.7 Å². The molecule has 0 aliphatic rings. The largest absolute Gasteiger partial charge is 0.330 e. The van der Waals surface area contributed by atoms with Crippen LogP contribution in [0, 0.1) is 0 Å². The van der Waals surface area contributed by atoms with Gasteiger partial charge >= 0.3 is 0 Å². The van der Waals surface area contributed by atoms with E-state index >= 15 is 0 Å². The summed E-state index contributed by atoms with van der Waals surface area (Å²) in [5, 5.41) is 0. The number of nitrogens with zero attached hydrogens (tertiary/aromatic N) is 2. The predicted molar refractivity (Wildman–Crippen MR) is 48.6 cm³/mol. The zero-order chi connectivity index (χ0) is 8.81. The molecular formula is C9H18N3+. The van der Waals surface area contributed by atoms with Gasteiger partial charge in [0.25, 0.3) is 0 Å². The normalized spacial score (nSPS) is 10.5. The Balaban J connectivity index is 2.41. The van der Waals surface area contributed by atoms with Gasteiger partial charge in [0.05, 0.1) is 13.1 Å². The van der Waals surface area contributed by atoms with E-state index in [1.165, 1.54) is 6.42 Å². The van der Waals surface area contributed by atoms with Crippen molar-refractivity contribution in [1.29, 1.82) is 0 Å². The summed E-state index contributed by atoms with van der Waals surface area (Å²) < 4.78 is 4.39. The van der Waals surface area contributed by atoms with Crippen molar-refractivity contribution < 1.29 is 4.57 Å². The number of hydrogen-bond acceptors (Lipinski definition) is 1. The molecule has 0 saturated carbocycles. The SMILES string of the molecule is CCC[n+]1ccn(CCCN)c1. The van der Waals surface area contributed by atoms with Gasteiger partial charge in [-0.15, -0.1) is 0 Å². The van der Waals surface area contributed by atoms with Crippen molar-refractivity contribution in [2.75, 3.05) is 6.54 Å². The molecule has 1 rings (SSSR count). The number of rotatable bonds is 5. The van der Waals surface area contributed by atoms with Gasteiger partial charge in [0.15, 0.2) is 0 Å². The van der Waals surface area contributed by atoms with Gasteiger partial charge in [-0.3, -0.25) is 0 Å². The lowest BCUT2D eigenvalue weighted by Gasteiger charge is -1.92. The van der Waals surface area contributed by atoms with Gasteiger partial charge in [-0.05, 0) is 19.4 Å². The second kappa shape index (κ2) is 4.93. The minimum atomic E-state index is 0.770. The molecule has 1 heterocycles. The molecule has 0 aromatic carbocycles. The third-order valence-electron chi connectivity index (χ3n) is 1.85. The summed E-state index contributed by atoms with van der Waals surface area (Å²) >= 11 is 0. The van der Waals surface area contributed by atoms with E-state index in [1.807, 2.05) is 0 Å². The number of nitrogens with two attached hydrogens (primary N) is 1. The smallest absolute Gasteiger partial charge is 0.243 e. The average Bonchev–Trinajstić information content (AvgIpc) is 2.50. The third kappa shape index (κ3) is 2.66. The van der Waals surface area contributed by atoms with E-state index in [4.69, 9.17) is 5.73 Å². The highest BCUT2D eigenvalue weighted by Crippen LogP contribution is 1.88. The maximum absolute atomic E-state index is 5.42. The Hall–Kier alpha value is -0.830. The van der Waals surface area contributed by atoms with Gasteiger partial charge in [0.1, 0.15) is 12.4 Å². The first-order valence-electron chi connectivity index (χ1n) is 4.61. The second-order valence-corrected chi connectivity index (χ2v) is 3.03. The van der Waals surface area contributed by atoms with Gasteiger partial charge < -0.3 is 5.73 Å². The minimum Gasteiger partial charge on any atom is -0.330 e. The maximum Gasteiger partial charge on any atom is 0.243 e. The topological polar surface area (TPSA) is 34.8 Å². The van der Waals surface area contributed by atoms with E-state index in [1.54, 1.807) is 0 Å². The van der Waals surface area contributed by atoms with Crippen LogP contribution in [0.5, 0.6) is 0 Å². The number of aromatic nitrogens is 2. The highest BCUT2D eigenvalue weighted by molar-refractivity contribution is 4.65. The summed E-state index contributed by atoms with van der Waals surface area (Å²) in [5.41, 5.74) is 5.42. The van der Waals surface area contributed by atoms with Crippen LogP contribution < -0.4 is 10.3 Å². The third-order valence-corrected chi connectivity index (χ3v) is 1.85. The zero-order valence-corrected chi connectivity index (χ0v) is 7.74. The first-order chi connectivity index (χ1) is 5.86. The molecule has 0 saturated heterocycles. The standard InChI is InChI=1S/C9H18N3/c1-2-5-11-7-8-12(9-11)6-3-4-10/h7-9H,2-6,10H2,1H3/q+1. The van der Waals surface area contributed by atoms with Gasteiger partial charge in [0, 0.05) is 0 Å². The fourth-order valence-electron chi connectivity index (χ4n) is 1.24. The number of imidazole rings is 1. The Morgan fingerprint density at radius 2 is 2.33 bits per heavy atom. The average molecular weight is 168 g/mol. The summed E-state index contributed by atoms with van der Waals surface area (Å²) in [6, 6.07) is 0. The van der Waals surface area contributed by atoms with Crippen LogP contribution in [-0.2, 0) is 13.1 Å². The minimum absolute atomic E-state index is 0.770. The lowest BCUT2D eigenvalue weighted by molar-refractivity contribution is -0.696. The molecule has 3 heteroatoms. The number of hydrogen-bond donors (Lipinski definition) is 1. The van der Waals surface area contributed by atoms with Gasteiger partial charge in [-0.2, -0.15) is 0 Å². The molecule has 0 atom stereocenters. The second-order valence-electron chi connectivity index (χ2n) is 3.03. The quantitative estimate of drug-likeness (QED) is 0.640. The van der Waals surface area contributed by atoms with Gasteiger partial charge in [-0.1, -0.05) is 6.92 Å². The molecule has 0 amide bonds. The molecule has 0 radical (unpaired) electrons. The van der Waals surface area contributed by atoms with Crippen LogP contribution in [0.1, 0.15) is 19.8 Å². The van der Waals surface area contributed by atoms with Gasteiger partial charge in [-0.25, -0.2) is 9.13 Å². The fraction of sp³-hybridized carbons (Fsp3) is 0.667. The van der Waals surface area contributed by atoms with E-state index in [-0.39, 0.29) is 0 Å². The van der Waals surface area contributed by atoms with Gasteiger partial charge in [0.2, 0.25) is 6.33 Å². The number of aryl methyl sites for hydroxylation is 2. The molecule has 1 aromatic rings. The molecule has 2 N–H and O–H groups in total. The molecule has 0 unspecified atom stereocenters. The molecule has 0 spiro atoms. The maximum atomic E-state index is 5.42. The zero-order valence-electron chi connectivity index (χ0n) is 7.74. The van der Waals surface area contributed by atoms with Crippen LogP contribution in [0.3, 0.4) is 0 Å². The fourth-order valence-corrected chi connectivity index (χ4v) is 1.24. The molecule has 0 fully saturated rings. The highest BCUT2D eigenvalue weighted by atomic mass is 15.1. The van der Waals surface area contributed by atoms with Crippen molar-refractivity contribution in [3.63, 3.8) is 0 Å². The lowest BCUT2D eigenvalue weighted by atomic mass is 10.4. The molecule has 1 aromatic heterocycles. The van der Waals surface area contributed by atoms with Crippen LogP contribution >= 0.6 is 0 Å². The molecule has 68 valence electrons. The lowest BCUT2D eigenvalue weighted by Crippen LogP contribution is -2.30. The molecule has 0 aliphatic heterocycles. The van der Waals surface area contributed by atoms with Crippen molar-refractivity contribution in [2.24, 2.45) is 5.73 Å². The van der Waals surface area contributed by atoms with Crippen molar-refractivity contribution in [1.82, 2.24) is 4.57 Å². The predicted octanol–water partition coefficient (Wildman–Crippen LogP) is 0.534. The van der Waals surface area contributed by atoms with E-state index in [2.05, 4.69) is 34.8 Å². The van der Waals surface area contributed by atoms with Crippen LogP contribution in [0.4, 0.5) is 0 Å². The molecule has 0 aliphatic carbocycles. The Morgan fingerprint density at radius 3 is 3.00 bits per heavy atom. The summed E-state index contributed by atoms with van der Waals surface area (Å²) in [4.78, 5) is 0. The Morgan fingerprint density at radius 1 is 1.50 bits per heavy atom. The van der Waals surface area contributed by atoms with Crippen molar-refractivity contribution in [3.8, 4) is 0 Å². The monoisotopic (exact) mass is 168 g/mol. The summed E-state index contributed by atoms with van der Waals surface area (Å²) in [6.07, 6.45) is 8.59. The van der Waals surface area contributed by atoms with E-state index in [0.29, 0.717) is 0 Å². The first kappa shape index (κ1) is 9.26. The summed E-state index contributed by atoms with van der Waals surface area (Å²) in [7, 11) is 0.